The first kappa shape index (κ1) is 27.2. The van der Waals surface area contributed by atoms with Crippen molar-refractivity contribution in [2.75, 3.05) is 20.2 Å². The summed E-state index contributed by atoms with van der Waals surface area (Å²) in [5.74, 6) is -0.295. The molecule has 4 N–H and O–H groups in total. The van der Waals surface area contributed by atoms with Crippen molar-refractivity contribution < 1.29 is 23.5 Å². The average molecular weight is 530 g/mol. The Hall–Kier alpha value is -2.35. The Kier molecular flexibility index (Phi) is 7.64. The molecule has 0 saturated heterocycles. The predicted molar refractivity (Wildman–Crippen MR) is 144 cm³/mol. The topological polar surface area (TPSA) is 103 Å². The Morgan fingerprint density at radius 2 is 1.74 bits per heavy atom. The highest BCUT2D eigenvalue weighted by atomic mass is 19.1. The van der Waals surface area contributed by atoms with E-state index in [2.05, 4.69) is 24.5 Å². The van der Waals surface area contributed by atoms with Crippen LogP contribution in [0.25, 0.3) is 0 Å². The summed E-state index contributed by atoms with van der Waals surface area (Å²) in [5, 5.41) is 6.35. The van der Waals surface area contributed by atoms with Crippen LogP contribution >= 0.6 is 0 Å². The summed E-state index contributed by atoms with van der Waals surface area (Å²) in [6, 6.07) is 2.45. The Balaban J connectivity index is 1.28. The summed E-state index contributed by atoms with van der Waals surface area (Å²) >= 11 is 0. The normalized spacial score (nSPS) is 33.3. The second-order valence-electron chi connectivity index (χ2n) is 13.1. The first-order valence-corrected chi connectivity index (χ1v) is 14.5. The van der Waals surface area contributed by atoms with Crippen molar-refractivity contribution in [3.8, 4) is 11.5 Å². The third-order valence-electron chi connectivity index (χ3n) is 10.2. The minimum absolute atomic E-state index is 0.0486. The van der Waals surface area contributed by atoms with Crippen LogP contribution in [-0.4, -0.2) is 44.2 Å². The van der Waals surface area contributed by atoms with Crippen molar-refractivity contribution in [1.29, 1.82) is 0 Å². The highest BCUT2D eigenvalue weighted by Crippen LogP contribution is 2.49. The van der Waals surface area contributed by atoms with E-state index in [1.54, 1.807) is 0 Å². The maximum atomic E-state index is 15.0. The number of ether oxygens (including phenoxy) is 2. The number of amides is 2. The molecule has 0 spiro atoms. The van der Waals surface area contributed by atoms with Gasteiger partial charge >= 0.3 is 0 Å². The van der Waals surface area contributed by atoms with Crippen molar-refractivity contribution in [3.05, 3.63) is 23.5 Å². The number of benzene rings is 1. The predicted octanol–water partition coefficient (Wildman–Crippen LogP) is 4.57. The first-order valence-electron chi connectivity index (χ1n) is 14.5. The van der Waals surface area contributed by atoms with E-state index in [1.165, 1.54) is 25.7 Å². The minimum atomic E-state index is -0.549. The maximum absolute atomic E-state index is 15.0. The van der Waals surface area contributed by atoms with Gasteiger partial charge in [-0.3, -0.25) is 9.59 Å². The van der Waals surface area contributed by atoms with Gasteiger partial charge in [-0.25, -0.2) is 4.39 Å². The summed E-state index contributed by atoms with van der Waals surface area (Å²) in [5.41, 5.74) is 6.45. The molecule has 210 valence electrons. The highest BCUT2D eigenvalue weighted by Gasteiger charge is 2.51. The number of fused-ring (bicyclic) bond motifs is 2. The molecule has 8 heteroatoms. The van der Waals surface area contributed by atoms with Crippen LogP contribution in [0.15, 0.2) is 12.1 Å². The van der Waals surface area contributed by atoms with Crippen molar-refractivity contribution in [2.45, 2.75) is 90.2 Å². The van der Waals surface area contributed by atoms with E-state index in [1.807, 2.05) is 0 Å². The van der Waals surface area contributed by atoms with Gasteiger partial charge in [0.1, 0.15) is 5.75 Å². The van der Waals surface area contributed by atoms with Crippen molar-refractivity contribution in [1.82, 2.24) is 10.6 Å². The Morgan fingerprint density at radius 3 is 2.37 bits per heavy atom. The van der Waals surface area contributed by atoms with Crippen LogP contribution in [0.1, 0.15) is 88.4 Å². The second kappa shape index (κ2) is 10.7. The molecule has 2 amide bonds. The summed E-state index contributed by atoms with van der Waals surface area (Å²) in [6.45, 7) is 5.72. The Bertz CT molecular complexity index is 1050. The van der Waals surface area contributed by atoms with Crippen LogP contribution in [0.4, 0.5) is 4.39 Å². The number of rotatable bonds is 9. The number of carbonyl (C=O) groups is 2. The number of nitrogens with one attached hydrogen (secondary N) is 2. The number of methoxy groups -OCH3 is 1. The lowest BCUT2D eigenvalue weighted by molar-refractivity contribution is -0.128. The van der Waals surface area contributed by atoms with Crippen LogP contribution in [0, 0.1) is 34.4 Å². The number of halogens is 1. The molecule has 4 aliphatic rings. The standard InChI is InChI=1S/C30H44FN3O4/c1-29(16-32)11-7-20(8-12-29)38-24-14-21(23(37-3)15-22(24)31)27(35)34-26-19-6-5-18(13-19)25(26)28(36)33-17-30(2)9-4-10-30/h14-15,18-20,25-26H,4-13,16-17,32H2,1-3H3,(H,33,36)(H,34,35)/t18-,19+,20?,25+,26-,29?/m1/s1. The van der Waals surface area contributed by atoms with Gasteiger partial charge in [-0.05, 0) is 93.1 Å². The van der Waals surface area contributed by atoms with Gasteiger partial charge in [-0.15, -0.1) is 0 Å². The zero-order valence-corrected chi connectivity index (χ0v) is 23.1. The molecule has 4 atom stereocenters. The first-order chi connectivity index (χ1) is 18.1. The van der Waals surface area contributed by atoms with Gasteiger partial charge in [0.05, 0.1) is 24.7 Å². The van der Waals surface area contributed by atoms with E-state index in [-0.39, 0.29) is 63.7 Å². The van der Waals surface area contributed by atoms with Gasteiger partial charge in [-0.1, -0.05) is 20.3 Å². The monoisotopic (exact) mass is 529 g/mol. The lowest BCUT2D eigenvalue weighted by Crippen LogP contribution is -2.51. The van der Waals surface area contributed by atoms with E-state index in [4.69, 9.17) is 15.2 Å². The molecular weight excluding hydrogens is 485 g/mol. The average Bonchev–Trinajstić information content (AvgIpc) is 3.50. The van der Waals surface area contributed by atoms with Crippen LogP contribution in [-0.2, 0) is 4.79 Å². The minimum Gasteiger partial charge on any atom is -0.496 e. The van der Waals surface area contributed by atoms with E-state index < -0.39 is 5.82 Å². The molecule has 4 saturated carbocycles. The highest BCUT2D eigenvalue weighted by molar-refractivity contribution is 5.98. The maximum Gasteiger partial charge on any atom is 0.255 e. The van der Waals surface area contributed by atoms with Crippen molar-refractivity contribution >= 4 is 11.8 Å². The molecule has 1 aromatic carbocycles. The molecule has 0 aromatic heterocycles. The molecular formula is C30H44FN3O4. The lowest BCUT2D eigenvalue weighted by atomic mass is 9.70. The van der Waals surface area contributed by atoms with Gasteiger partial charge < -0.3 is 25.8 Å². The Labute approximate surface area is 225 Å². The molecule has 0 heterocycles. The molecule has 38 heavy (non-hydrogen) atoms. The Morgan fingerprint density at radius 1 is 1.03 bits per heavy atom. The third-order valence-corrected chi connectivity index (χ3v) is 10.2. The molecule has 1 aromatic rings. The van der Waals surface area contributed by atoms with Crippen LogP contribution < -0.4 is 25.8 Å². The van der Waals surface area contributed by atoms with E-state index in [0.29, 0.717) is 19.0 Å². The van der Waals surface area contributed by atoms with Crippen LogP contribution in [0.3, 0.4) is 0 Å². The fraction of sp³-hybridized carbons (Fsp3) is 0.733. The van der Waals surface area contributed by atoms with Gasteiger partial charge in [0.2, 0.25) is 5.91 Å². The van der Waals surface area contributed by atoms with Crippen LogP contribution in [0.5, 0.6) is 11.5 Å². The molecule has 0 radical (unpaired) electrons. The SMILES string of the molecule is COc1cc(F)c(OC2CCC(C)(CN)CC2)cc1C(=O)N[C@@H]1[C@H]2CC[C@H](C2)[C@@H]1C(=O)NCC1(C)CCC1. The van der Waals surface area contributed by atoms with Crippen molar-refractivity contribution in [2.24, 2.45) is 34.3 Å². The zero-order valence-electron chi connectivity index (χ0n) is 23.1. The van der Waals surface area contributed by atoms with Gasteiger partial charge in [0.15, 0.2) is 11.6 Å². The number of hydrogen-bond acceptors (Lipinski definition) is 5. The summed E-state index contributed by atoms with van der Waals surface area (Å²) in [7, 11) is 1.43. The number of hydrogen-bond donors (Lipinski definition) is 3. The van der Waals surface area contributed by atoms with Gasteiger partial charge in [0, 0.05) is 18.7 Å². The lowest BCUT2D eigenvalue weighted by Gasteiger charge is -2.39. The second-order valence-corrected chi connectivity index (χ2v) is 13.1. The van der Waals surface area contributed by atoms with Crippen LogP contribution in [0.2, 0.25) is 0 Å². The molecule has 4 aliphatic carbocycles. The van der Waals surface area contributed by atoms with Crippen molar-refractivity contribution in [3.63, 3.8) is 0 Å². The van der Waals surface area contributed by atoms with E-state index in [9.17, 15) is 14.0 Å². The molecule has 2 bridgehead atoms. The summed E-state index contributed by atoms with van der Waals surface area (Å²) in [6.07, 6.45) is 9.81. The van der Waals surface area contributed by atoms with Gasteiger partial charge in [-0.2, -0.15) is 0 Å². The summed E-state index contributed by atoms with van der Waals surface area (Å²) in [4.78, 5) is 26.9. The quantitative estimate of drug-likeness (QED) is 0.435. The van der Waals surface area contributed by atoms with E-state index in [0.717, 1.165) is 57.8 Å². The third kappa shape index (κ3) is 5.38. The zero-order chi connectivity index (χ0) is 27.1. The molecule has 7 nitrogen and oxygen atoms in total. The smallest absolute Gasteiger partial charge is 0.255 e. The summed E-state index contributed by atoms with van der Waals surface area (Å²) < 4.78 is 26.4. The van der Waals surface area contributed by atoms with Gasteiger partial charge in [0.25, 0.3) is 5.91 Å². The fourth-order valence-corrected chi connectivity index (χ4v) is 7.24. The molecule has 0 aliphatic heterocycles. The molecule has 0 unspecified atom stereocenters. The van der Waals surface area contributed by atoms with E-state index >= 15 is 0 Å². The number of carbonyl (C=O) groups excluding carboxylic acids is 2. The molecule has 5 rings (SSSR count). The fourth-order valence-electron chi connectivity index (χ4n) is 7.24. The number of nitrogens with two attached hydrogens (primary N) is 1. The largest absolute Gasteiger partial charge is 0.496 e. The molecule has 4 fully saturated rings.